The molecule has 0 aliphatic rings. The summed E-state index contributed by atoms with van der Waals surface area (Å²) in [5, 5.41) is 7.00. The molecule has 0 unspecified atom stereocenters. The van der Waals surface area contributed by atoms with E-state index in [2.05, 4.69) is 36.6 Å². The zero-order valence-corrected chi connectivity index (χ0v) is 15.2. The second-order valence-corrected chi connectivity index (χ2v) is 6.43. The van der Waals surface area contributed by atoms with Gasteiger partial charge in [-0.15, -0.1) is 13.2 Å². The molecule has 0 aliphatic carbocycles. The van der Waals surface area contributed by atoms with E-state index in [1.54, 1.807) is 6.07 Å². The van der Waals surface area contributed by atoms with Crippen molar-refractivity contribution in [3.63, 3.8) is 0 Å². The zero-order chi connectivity index (χ0) is 20.1. The highest BCUT2D eigenvalue weighted by molar-refractivity contribution is 5.62. The van der Waals surface area contributed by atoms with Crippen molar-refractivity contribution in [2.24, 2.45) is 0 Å². The molecule has 1 N–H and O–H groups in total. The minimum atomic E-state index is -4.84. The summed E-state index contributed by atoms with van der Waals surface area (Å²) < 4.78 is 47.2. The van der Waals surface area contributed by atoms with E-state index in [1.165, 1.54) is 12.1 Å². The molecule has 0 saturated heterocycles. The Morgan fingerprint density at radius 3 is 2.75 bits per heavy atom. The average Bonchev–Trinajstić information content (AvgIpc) is 3.06. The van der Waals surface area contributed by atoms with Gasteiger partial charge in [-0.3, -0.25) is 9.78 Å². The number of hydrogen-bond acceptors (Lipinski definition) is 6. The fraction of sp³-hybridized carbons (Fsp3) is 0.444. The van der Waals surface area contributed by atoms with Crippen molar-refractivity contribution >= 4 is 11.3 Å². The molecule has 2 aromatic heterocycles. The first-order valence-electron chi connectivity index (χ1n) is 8.94. The minimum absolute atomic E-state index is 0.00841. The lowest BCUT2D eigenvalue weighted by Gasteiger charge is -2.14. The van der Waals surface area contributed by atoms with Crippen LogP contribution in [0.15, 0.2) is 27.6 Å². The van der Waals surface area contributed by atoms with Gasteiger partial charge in [-0.2, -0.15) is 0 Å². The number of aryl methyl sites for hydroxylation is 1. The van der Waals surface area contributed by atoms with E-state index in [9.17, 15) is 18.0 Å². The fourth-order valence-corrected chi connectivity index (χ4v) is 2.87. The third kappa shape index (κ3) is 5.08. The summed E-state index contributed by atoms with van der Waals surface area (Å²) in [6.45, 7) is 2.09. The Hall–Kier alpha value is -2.91. The molecule has 3 aromatic rings. The second-order valence-electron chi connectivity index (χ2n) is 6.43. The number of aromatic amines is 1. The maximum Gasteiger partial charge on any atom is 0.573 e. The molecule has 0 bridgehead atoms. The molecule has 0 amide bonds. The van der Waals surface area contributed by atoms with Gasteiger partial charge in [0.2, 0.25) is 11.3 Å². The first-order chi connectivity index (χ1) is 13.4. The van der Waals surface area contributed by atoms with Gasteiger partial charge in [0.1, 0.15) is 11.4 Å². The molecule has 0 fully saturated rings. The topological polar surface area (TPSA) is 93.9 Å². The number of unbranched alkanes of at least 4 members (excludes halogenated alkanes) is 3. The largest absolute Gasteiger partial charge is 0.573 e. The summed E-state index contributed by atoms with van der Waals surface area (Å²) in [6, 6.07) is 4.65. The predicted octanol–water partition coefficient (Wildman–Crippen LogP) is 3.92. The highest BCUT2D eigenvalue weighted by Gasteiger charge is 2.32. The van der Waals surface area contributed by atoms with Crippen molar-refractivity contribution in [1.29, 1.82) is 0 Å². The van der Waals surface area contributed by atoms with Crippen molar-refractivity contribution in [3.8, 4) is 5.75 Å². The van der Waals surface area contributed by atoms with Gasteiger partial charge in [0, 0.05) is 12.0 Å². The van der Waals surface area contributed by atoms with Crippen LogP contribution in [0.1, 0.15) is 49.4 Å². The lowest BCUT2D eigenvalue weighted by Crippen LogP contribution is -2.20. The van der Waals surface area contributed by atoms with Crippen molar-refractivity contribution in [2.45, 2.75) is 51.8 Å². The molecule has 10 heteroatoms. The van der Waals surface area contributed by atoms with Crippen LogP contribution in [0.25, 0.3) is 11.3 Å². The molecule has 0 radical (unpaired) electrons. The summed E-state index contributed by atoms with van der Waals surface area (Å²) >= 11 is 0. The van der Waals surface area contributed by atoms with Gasteiger partial charge in [0.15, 0.2) is 0 Å². The van der Waals surface area contributed by atoms with E-state index in [0.29, 0.717) is 6.42 Å². The van der Waals surface area contributed by atoms with Crippen molar-refractivity contribution in [2.75, 3.05) is 0 Å². The summed E-state index contributed by atoms with van der Waals surface area (Å²) in [7, 11) is 0. The number of nitrogens with one attached hydrogen (secondary N) is 1. The highest BCUT2D eigenvalue weighted by atomic mass is 19.4. The van der Waals surface area contributed by atoms with Crippen LogP contribution in [-0.2, 0) is 12.8 Å². The number of fused-ring (bicyclic) bond motifs is 1. The Bertz CT molecular complexity index is 998. The van der Waals surface area contributed by atoms with E-state index in [-0.39, 0.29) is 34.7 Å². The van der Waals surface area contributed by atoms with E-state index < -0.39 is 11.9 Å². The monoisotopic (exact) mass is 396 g/mol. The second kappa shape index (κ2) is 8.41. The number of halogens is 3. The number of rotatable bonds is 8. The number of aromatic nitrogens is 4. The van der Waals surface area contributed by atoms with Crippen LogP contribution in [0.5, 0.6) is 5.75 Å². The predicted molar refractivity (Wildman–Crippen MR) is 94.0 cm³/mol. The smallest absolute Gasteiger partial charge is 0.405 e. The van der Waals surface area contributed by atoms with Crippen molar-refractivity contribution < 1.29 is 22.5 Å². The van der Waals surface area contributed by atoms with Gasteiger partial charge in [-0.05, 0) is 34.8 Å². The van der Waals surface area contributed by atoms with Crippen LogP contribution >= 0.6 is 0 Å². The van der Waals surface area contributed by atoms with E-state index in [4.69, 9.17) is 0 Å². The number of alkyl halides is 3. The van der Waals surface area contributed by atoms with Gasteiger partial charge in [-0.1, -0.05) is 38.3 Å². The molecule has 7 nitrogen and oxygen atoms in total. The third-order valence-corrected chi connectivity index (χ3v) is 4.24. The maximum atomic E-state index is 12.9. The Morgan fingerprint density at radius 2 is 2.00 bits per heavy atom. The number of H-pyrrole nitrogens is 1. The fourth-order valence-electron chi connectivity index (χ4n) is 2.87. The van der Waals surface area contributed by atoms with E-state index >= 15 is 0 Å². The van der Waals surface area contributed by atoms with Gasteiger partial charge >= 0.3 is 6.36 Å². The molecule has 0 saturated carbocycles. The Balaban J connectivity index is 1.87. The van der Waals surface area contributed by atoms with Crippen LogP contribution in [0, 0.1) is 0 Å². The summed E-state index contributed by atoms with van der Waals surface area (Å²) in [5.74, 6) is -0.333. The van der Waals surface area contributed by atoms with Crippen LogP contribution in [0.4, 0.5) is 13.2 Å². The molecule has 0 aliphatic heterocycles. The summed E-state index contributed by atoms with van der Waals surface area (Å²) in [5.41, 5.74) is 0.500. The highest BCUT2D eigenvalue weighted by Crippen LogP contribution is 2.29. The minimum Gasteiger partial charge on any atom is -0.405 e. The SMILES string of the molecule is CCCCCCc1ccc(Cc2nc3nonc3[nH]c2=O)c(OC(F)(F)F)c1. The molecular weight excluding hydrogens is 377 g/mol. The molecule has 28 heavy (non-hydrogen) atoms. The zero-order valence-electron chi connectivity index (χ0n) is 15.2. The van der Waals surface area contributed by atoms with Crippen LogP contribution in [0.3, 0.4) is 0 Å². The summed E-state index contributed by atoms with van der Waals surface area (Å²) in [4.78, 5) is 18.6. The van der Waals surface area contributed by atoms with E-state index in [1.807, 2.05) is 0 Å². The average molecular weight is 396 g/mol. The lowest BCUT2D eigenvalue weighted by molar-refractivity contribution is -0.274. The van der Waals surface area contributed by atoms with Crippen LogP contribution < -0.4 is 10.3 Å². The standard InChI is InChI=1S/C18H19F3N4O3/c1-2-3-4-5-6-11-7-8-12(14(9-11)27-18(19,20)21)10-13-17(26)23-16-15(22-13)24-28-25-16/h7-9H,2-6,10H2,1H3,(H,23,25,26). The van der Waals surface area contributed by atoms with E-state index in [0.717, 1.165) is 31.2 Å². The molecule has 150 valence electrons. The molecule has 1 aromatic carbocycles. The van der Waals surface area contributed by atoms with Crippen LogP contribution in [0.2, 0.25) is 0 Å². The van der Waals surface area contributed by atoms with Crippen molar-refractivity contribution in [1.82, 2.24) is 20.3 Å². The molecule has 2 heterocycles. The Labute approximate surface area is 157 Å². The van der Waals surface area contributed by atoms with Crippen molar-refractivity contribution in [3.05, 3.63) is 45.4 Å². The number of nitrogens with zero attached hydrogens (tertiary/aromatic N) is 3. The molecule has 0 atom stereocenters. The third-order valence-electron chi connectivity index (χ3n) is 4.24. The van der Waals surface area contributed by atoms with Crippen LogP contribution in [-0.4, -0.2) is 26.6 Å². The van der Waals surface area contributed by atoms with Gasteiger partial charge < -0.3 is 4.74 Å². The van der Waals surface area contributed by atoms with Gasteiger partial charge in [0.05, 0.1) is 0 Å². The summed E-state index contributed by atoms with van der Waals surface area (Å²) in [6.07, 6.45) is -0.278. The van der Waals surface area contributed by atoms with Gasteiger partial charge in [-0.25, -0.2) is 9.61 Å². The lowest BCUT2D eigenvalue weighted by atomic mass is 10.0. The number of hydrogen-bond donors (Lipinski definition) is 1. The Kier molecular flexibility index (Phi) is 5.96. The van der Waals surface area contributed by atoms with Gasteiger partial charge in [0.25, 0.3) is 5.56 Å². The quantitative estimate of drug-likeness (QED) is 0.580. The Morgan fingerprint density at radius 1 is 1.18 bits per heavy atom. The first-order valence-corrected chi connectivity index (χ1v) is 8.94. The molecule has 3 rings (SSSR count). The normalized spacial score (nSPS) is 11.9. The number of benzene rings is 1. The molecule has 0 spiro atoms. The maximum absolute atomic E-state index is 12.9. The molecular formula is C18H19F3N4O3. The first kappa shape index (κ1) is 19.8. The number of ether oxygens (including phenoxy) is 1.